The summed E-state index contributed by atoms with van der Waals surface area (Å²) in [6.07, 6.45) is 3.84. The van der Waals surface area contributed by atoms with Gasteiger partial charge in [-0.1, -0.05) is 28.8 Å². The van der Waals surface area contributed by atoms with Crippen LogP contribution in [0.15, 0.2) is 21.1 Å². The Kier molecular flexibility index (Phi) is 4.70. The first-order valence-corrected chi connectivity index (χ1v) is 8.87. The molecule has 1 heterocycles. The highest BCUT2D eigenvalue weighted by Gasteiger charge is 2.33. The van der Waals surface area contributed by atoms with Gasteiger partial charge in [0.15, 0.2) is 0 Å². The minimum absolute atomic E-state index is 0.316. The highest BCUT2D eigenvalue weighted by Crippen LogP contribution is 2.46. The van der Waals surface area contributed by atoms with Crippen LogP contribution in [0.3, 0.4) is 0 Å². The van der Waals surface area contributed by atoms with E-state index >= 15 is 0 Å². The summed E-state index contributed by atoms with van der Waals surface area (Å²) in [5.74, 6) is 1.23. The van der Waals surface area contributed by atoms with Gasteiger partial charge in [0.25, 0.3) is 0 Å². The summed E-state index contributed by atoms with van der Waals surface area (Å²) in [5.41, 5.74) is 1.05. The Bertz CT molecular complexity index is 485. The van der Waals surface area contributed by atoms with E-state index in [-0.39, 0.29) is 0 Å². The van der Waals surface area contributed by atoms with Gasteiger partial charge in [0.05, 0.1) is 4.47 Å². The highest BCUT2D eigenvalue weighted by molar-refractivity contribution is 9.11. The second kappa shape index (κ2) is 6.34. The molecular formula is C15H20Br2N2O. The molecule has 0 spiro atoms. The molecule has 1 aromatic rings. The van der Waals surface area contributed by atoms with Crippen molar-refractivity contribution in [2.24, 2.45) is 5.92 Å². The minimum Gasteiger partial charge on any atom is -0.506 e. The summed E-state index contributed by atoms with van der Waals surface area (Å²) < 4.78 is 1.80. The number of nitrogens with zero attached hydrogens (tertiary/aromatic N) is 1. The molecule has 0 unspecified atom stereocenters. The van der Waals surface area contributed by atoms with E-state index in [4.69, 9.17) is 0 Å². The lowest BCUT2D eigenvalue weighted by atomic mass is 9.97. The second-order valence-electron chi connectivity index (χ2n) is 5.77. The minimum atomic E-state index is 0.316. The van der Waals surface area contributed by atoms with Gasteiger partial charge >= 0.3 is 0 Å². The number of rotatable bonds is 4. The maximum atomic E-state index is 10.5. The number of nitrogens with one attached hydrogen (secondary N) is 1. The fraction of sp³-hybridized carbons (Fsp3) is 0.600. The molecule has 0 radical (unpaired) electrons. The van der Waals surface area contributed by atoms with Gasteiger partial charge in [-0.3, -0.25) is 4.90 Å². The van der Waals surface area contributed by atoms with Crippen molar-refractivity contribution in [1.82, 2.24) is 10.2 Å². The van der Waals surface area contributed by atoms with Gasteiger partial charge in [-0.05, 0) is 40.4 Å². The Morgan fingerprint density at radius 3 is 2.50 bits per heavy atom. The predicted octanol–water partition coefficient (Wildman–Crippen LogP) is 3.66. The normalized spacial score (nSPS) is 21.9. The fourth-order valence-corrected chi connectivity index (χ4v) is 3.92. The lowest BCUT2D eigenvalue weighted by Crippen LogP contribution is -2.45. The zero-order chi connectivity index (χ0) is 14.1. The molecule has 1 aromatic carbocycles. The van der Waals surface area contributed by atoms with Crippen LogP contribution >= 0.6 is 31.9 Å². The van der Waals surface area contributed by atoms with Crippen molar-refractivity contribution in [2.75, 3.05) is 26.2 Å². The first kappa shape index (κ1) is 14.8. The first-order valence-electron chi connectivity index (χ1n) is 7.28. The van der Waals surface area contributed by atoms with Crippen molar-refractivity contribution in [3.8, 4) is 5.75 Å². The Morgan fingerprint density at radius 1 is 1.20 bits per heavy atom. The third kappa shape index (κ3) is 3.21. The van der Waals surface area contributed by atoms with Crippen LogP contribution in [0.5, 0.6) is 5.75 Å². The van der Waals surface area contributed by atoms with Crippen molar-refractivity contribution in [2.45, 2.75) is 25.3 Å². The largest absolute Gasteiger partial charge is 0.506 e. The topological polar surface area (TPSA) is 35.5 Å². The van der Waals surface area contributed by atoms with Crippen LogP contribution in [0.2, 0.25) is 0 Å². The van der Waals surface area contributed by atoms with Gasteiger partial charge in [0, 0.05) is 42.3 Å². The Hall–Kier alpha value is -0.100. The van der Waals surface area contributed by atoms with E-state index in [1.165, 1.54) is 12.8 Å². The maximum Gasteiger partial charge on any atom is 0.135 e. The molecule has 110 valence electrons. The van der Waals surface area contributed by atoms with Crippen LogP contribution in [0.25, 0.3) is 0 Å². The fourth-order valence-electron chi connectivity index (χ4n) is 2.99. The van der Waals surface area contributed by atoms with Gasteiger partial charge in [-0.15, -0.1) is 0 Å². The van der Waals surface area contributed by atoms with E-state index in [0.717, 1.165) is 53.0 Å². The molecule has 2 aliphatic rings. The summed E-state index contributed by atoms with van der Waals surface area (Å²) in [6, 6.07) is 4.24. The zero-order valence-electron chi connectivity index (χ0n) is 11.4. The number of benzene rings is 1. The smallest absolute Gasteiger partial charge is 0.135 e. The van der Waals surface area contributed by atoms with Gasteiger partial charge in [-0.25, -0.2) is 0 Å². The molecular weight excluding hydrogens is 384 g/mol. The zero-order valence-corrected chi connectivity index (χ0v) is 14.6. The summed E-state index contributed by atoms with van der Waals surface area (Å²) in [6.45, 7) is 4.17. The van der Waals surface area contributed by atoms with Crippen molar-refractivity contribution in [3.63, 3.8) is 0 Å². The van der Waals surface area contributed by atoms with E-state index < -0.39 is 0 Å². The van der Waals surface area contributed by atoms with Crippen LogP contribution < -0.4 is 5.32 Å². The number of phenols is 1. The third-order valence-corrected chi connectivity index (χ3v) is 5.63. The molecule has 1 atom stereocenters. The quantitative estimate of drug-likeness (QED) is 0.805. The highest BCUT2D eigenvalue weighted by atomic mass is 79.9. The van der Waals surface area contributed by atoms with E-state index in [9.17, 15) is 5.11 Å². The van der Waals surface area contributed by atoms with E-state index in [0.29, 0.717) is 11.8 Å². The van der Waals surface area contributed by atoms with Crippen molar-refractivity contribution >= 4 is 31.9 Å². The van der Waals surface area contributed by atoms with Gasteiger partial charge in [0.2, 0.25) is 0 Å². The molecule has 20 heavy (non-hydrogen) atoms. The molecule has 0 amide bonds. The number of hydrogen-bond acceptors (Lipinski definition) is 3. The van der Waals surface area contributed by atoms with Crippen LogP contribution in [0.4, 0.5) is 0 Å². The number of phenolic OH excluding ortho intramolecular Hbond substituents is 1. The van der Waals surface area contributed by atoms with Gasteiger partial charge < -0.3 is 10.4 Å². The molecule has 1 saturated heterocycles. The average Bonchev–Trinajstić information content (AvgIpc) is 3.27. The van der Waals surface area contributed by atoms with Crippen molar-refractivity contribution in [1.29, 1.82) is 0 Å². The van der Waals surface area contributed by atoms with Crippen LogP contribution in [0, 0.1) is 5.92 Å². The van der Waals surface area contributed by atoms with E-state index in [1.54, 1.807) is 0 Å². The Balaban J connectivity index is 1.93. The summed E-state index contributed by atoms with van der Waals surface area (Å²) in [4.78, 5) is 2.51. The second-order valence-corrected chi connectivity index (χ2v) is 7.48. The maximum absolute atomic E-state index is 10.5. The van der Waals surface area contributed by atoms with E-state index in [1.807, 2.05) is 12.1 Å². The average molecular weight is 404 g/mol. The predicted molar refractivity (Wildman–Crippen MR) is 88.0 cm³/mol. The molecule has 0 bridgehead atoms. The van der Waals surface area contributed by atoms with Gasteiger partial charge in [0.1, 0.15) is 5.75 Å². The molecule has 1 aliphatic carbocycles. The molecule has 3 rings (SSSR count). The third-order valence-electron chi connectivity index (χ3n) is 4.29. The summed E-state index contributed by atoms with van der Waals surface area (Å²) >= 11 is 7.09. The molecule has 1 aliphatic heterocycles. The first-order chi connectivity index (χ1) is 9.66. The molecule has 0 aromatic heterocycles. The van der Waals surface area contributed by atoms with Crippen LogP contribution in [-0.2, 0) is 0 Å². The summed E-state index contributed by atoms with van der Waals surface area (Å²) in [7, 11) is 0. The number of halogens is 2. The van der Waals surface area contributed by atoms with Gasteiger partial charge in [-0.2, -0.15) is 0 Å². The monoisotopic (exact) mass is 402 g/mol. The van der Waals surface area contributed by atoms with Crippen molar-refractivity contribution in [3.05, 3.63) is 26.6 Å². The Morgan fingerprint density at radius 2 is 1.85 bits per heavy atom. The standard InChI is InChI=1S/C15H20Br2N2O/c16-11-3-4-12(17)15(20)14(11)13(9-10-1-2-10)19-7-5-18-6-8-19/h3-4,10,13,18,20H,1-2,5-9H2/t13-/m0/s1. The molecule has 2 fully saturated rings. The molecule has 1 saturated carbocycles. The molecule has 2 N–H and O–H groups in total. The number of aromatic hydroxyl groups is 1. The SMILES string of the molecule is Oc1c(Br)ccc(Br)c1[C@H](CC1CC1)N1CCNCC1. The molecule has 3 nitrogen and oxygen atoms in total. The molecule has 5 heteroatoms. The Labute approximate surface area is 137 Å². The lowest BCUT2D eigenvalue weighted by Gasteiger charge is -2.36. The van der Waals surface area contributed by atoms with Crippen LogP contribution in [0.1, 0.15) is 30.9 Å². The number of piperazine rings is 1. The lowest BCUT2D eigenvalue weighted by molar-refractivity contribution is 0.157. The van der Waals surface area contributed by atoms with Crippen molar-refractivity contribution < 1.29 is 5.11 Å². The summed E-state index contributed by atoms with van der Waals surface area (Å²) in [5, 5.41) is 13.9. The number of hydrogen-bond donors (Lipinski definition) is 2. The van der Waals surface area contributed by atoms with E-state index in [2.05, 4.69) is 42.1 Å². The van der Waals surface area contributed by atoms with Crippen LogP contribution in [-0.4, -0.2) is 36.2 Å².